The summed E-state index contributed by atoms with van der Waals surface area (Å²) in [6.45, 7) is 1.07. The zero-order valence-electron chi connectivity index (χ0n) is 16.0. The molecule has 0 spiro atoms. The summed E-state index contributed by atoms with van der Waals surface area (Å²) in [5.74, 6) is 1.32. The summed E-state index contributed by atoms with van der Waals surface area (Å²) >= 11 is 1.36. The molecule has 0 bridgehead atoms. The van der Waals surface area contributed by atoms with Crippen molar-refractivity contribution in [3.8, 4) is 11.5 Å². The molecule has 0 unspecified atom stereocenters. The highest BCUT2D eigenvalue weighted by atomic mass is 32.2. The molecule has 6 heteroatoms. The van der Waals surface area contributed by atoms with Crippen LogP contribution in [0.3, 0.4) is 0 Å². The van der Waals surface area contributed by atoms with Crippen molar-refractivity contribution in [1.29, 1.82) is 0 Å². The molecule has 148 valence electrons. The van der Waals surface area contributed by atoms with Crippen LogP contribution >= 0.6 is 11.8 Å². The SMILES string of the molecule is O=C1C(=Cc2ccc3c(c2)OCCO3)SC(=Nc2ccccc2)N1c1ccccc1. The number of aliphatic imine (C=N–C) groups is 1. The van der Waals surface area contributed by atoms with E-state index in [9.17, 15) is 4.79 Å². The molecule has 3 aromatic carbocycles. The standard InChI is InChI=1S/C24H18N2O3S/c27-23-22(16-17-11-12-20-21(15-17)29-14-13-28-20)30-24(25-18-7-3-1-4-8-18)26(23)19-9-5-2-6-10-19/h1-12,15-16H,13-14H2. The maximum Gasteiger partial charge on any atom is 0.271 e. The largest absolute Gasteiger partial charge is 0.486 e. The van der Waals surface area contributed by atoms with Crippen LogP contribution in [0.1, 0.15) is 5.56 Å². The number of nitrogens with zero attached hydrogens (tertiary/aromatic N) is 2. The molecule has 1 saturated heterocycles. The van der Waals surface area contributed by atoms with Gasteiger partial charge in [-0.15, -0.1) is 0 Å². The number of rotatable bonds is 3. The van der Waals surface area contributed by atoms with Gasteiger partial charge in [0.15, 0.2) is 16.7 Å². The number of fused-ring (bicyclic) bond motifs is 1. The number of amidine groups is 1. The van der Waals surface area contributed by atoms with Crippen LogP contribution in [0, 0.1) is 0 Å². The lowest BCUT2D eigenvalue weighted by molar-refractivity contribution is -0.113. The molecular formula is C24H18N2O3S. The van der Waals surface area contributed by atoms with Gasteiger partial charge in [0.2, 0.25) is 0 Å². The van der Waals surface area contributed by atoms with Crippen molar-refractivity contribution in [3.63, 3.8) is 0 Å². The minimum absolute atomic E-state index is 0.101. The molecule has 5 nitrogen and oxygen atoms in total. The van der Waals surface area contributed by atoms with Crippen LogP contribution in [-0.4, -0.2) is 24.3 Å². The molecule has 0 radical (unpaired) electrons. The zero-order chi connectivity index (χ0) is 20.3. The Kier molecular flexibility index (Phi) is 4.99. The molecule has 2 aliphatic heterocycles. The molecule has 0 aromatic heterocycles. The van der Waals surface area contributed by atoms with Gasteiger partial charge in [0.25, 0.3) is 5.91 Å². The fourth-order valence-corrected chi connectivity index (χ4v) is 4.27. The third-order valence-corrected chi connectivity index (χ3v) is 5.63. The first-order chi connectivity index (χ1) is 14.8. The number of para-hydroxylation sites is 2. The molecular weight excluding hydrogens is 396 g/mol. The summed E-state index contributed by atoms with van der Waals surface area (Å²) < 4.78 is 11.2. The van der Waals surface area contributed by atoms with Crippen LogP contribution in [0.15, 0.2) is 88.8 Å². The quantitative estimate of drug-likeness (QED) is 0.548. The molecule has 0 saturated carbocycles. The maximum absolute atomic E-state index is 13.3. The van der Waals surface area contributed by atoms with E-state index in [-0.39, 0.29) is 5.91 Å². The van der Waals surface area contributed by atoms with Crippen molar-refractivity contribution in [2.75, 3.05) is 18.1 Å². The number of anilines is 1. The first kappa shape index (κ1) is 18.5. The highest BCUT2D eigenvalue weighted by Crippen LogP contribution is 2.38. The first-order valence-electron chi connectivity index (χ1n) is 9.60. The van der Waals surface area contributed by atoms with E-state index in [0.29, 0.717) is 29.0 Å². The second kappa shape index (κ2) is 8.08. The normalized spacial score (nSPS) is 18.3. The van der Waals surface area contributed by atoms with Crippen LogP contribution in [0.5, 0.6) is 11.5 Å². The van der Waals surface area contributed by atoms with E-state index in [1.807, 2.05) is 84.9 Å². The number of hydrogen-bond acceptors (Lipinski definition) is 5. The maximum atomic E-state index is 13.3. The molecule has 2 aliphatic rings. The third kappa shape index (κ3) is 3.69. The van der Waals surface area contributed by atoms with Crippen LogP contribution < -0.4 is 14.4 Å². The van der Waals surface area contributed by atoms with Crippen LogP contribution in [0.25, 0.3) is 6.08 Å². The number of thioether (sulfide) groups is 1. The molecule has 0 atom stereocenters. The van der Waals surface area contributed by atoms with E-state index in [4.69, 9.17) is 14.5 Å². The lowest BCUT2D eigenvalue weighted by Crippen LogP contribution is -2.28. The Bertz CT molecular complexity index is 1140. The highest BCUT2D eigenvalue weighted by molar-refractivity contribution is 8.19. The Morgan fingerprint density at radius 2 is 1.57 bits per heavy atom. The Hall–Kier alpha value is -3.51. The lowest BCUT2D eigenvalue weighted by Gasteiger charge is -2.18. The monoisotopic (exact) mass is 414 g/mol. The molecule has 3 aromatic rings. The Balaban J connectivity index is 1.53. The molecule has 1 fully saturated rings. The van der Waals surface area contributed by atoms with Gasteiger partial charge in [-0.3, -0.25) is 9.69 Å². The predicted molar refractivity (Wildman–Crippen MR) is 120 cm³/mol. The summed E-state index contributed by atoms with van der Waals surface area (Å²) in [6.07, 6.45) is 1.87. The van der Waals surface area contributed by atoms with Gasteiger partial charge in [0.05, 0.1) is 16.3 Å². The summed E-state index contributed by atoms with van der Waals surface area (Å²) in [7, 11) is 0. The van der Waals surface area contributed by atoms with Gasteiger partial charge >= 0.3 is 0 Å². The Labute approximate surface area is 178 Å². The van der Waals surface area contributed by atoms with Crippen molar-refractivity contribution in [1.82, 2.24) is 0 Å². The van der Waals surface area contributed by atoms with Crippen LogP contribution in [0.2, 0.25) is 0 Å². The number of benzene rings is 3. The fraction of sp³-hybridized carbons (Fsp3) is 0.0833. The summed E-state index contributed by atoms with van der Waals surface area (Å²) in [4.78, 5) is 20.3. The lowest BCUT2D eigenvalue weighted by atomic mass is 10.1. The van der Waals surface area contributed by atoms with E-state index in [1.54, 1.807) is 4.90 Å². The molecule has 0 N–H and O–H groups in total. The number of ether oxygens (including phenoxy) is 2. The van der Waals surface area contributed by atoms with Crippen LogP contribution in [0.4, 0.5) is 11.4 Å². The van der Waals surface area contributed by atoms with Crippen molar-refractivity contribution in [2.24, 2.45) is 4.99 Å². The van der Waals surface area contributed by atoms with Gasteiger partial charge in [-0.25, -0.2) is 4.99 Å². The van der Waals surface area contributed by atoms with E-state index in [2.05, 4.69) is 0 Å². The van der Waals surface area contributed by atoms with E-state index >= 15 is 0 Å². The average Bonchev–Trinajstić information content (AvgIpc) is 3.09. The van der Waals surface area contributed by atoms with Crippen LogP contribution in [-0.2, 0) is 4.79 Å². The fourth-order valence-electron chi connectivity index (χ4n) is 3.27. The molecule has 1 amide bonds. The van der Waals surface area contributed by atoms with Gasteiger partial charge in [-0.2, -0.15) is 0 Å². The van der Waals surface area contributed by atoms with Crippen molar-refractivity contribution in [3.05, 3.63) is 89.3 Å². The Morgan fingerprint density at radius 3 is 2.33 bits per heavy atom. The smallest absolute Gasteiger partial charge is 0.271 e. The van der Waals surface area contributed by atoms with E-state index in [1.165, 1.54) is 11.8 Å². The predicted octanol–water partition coefficient (Wildman–Crippen LogP) is 5.27. The van der Waals surface area contributed by atoms with Crippen molar-refractivity contribution in [2.45, 2.75) is 0 Å². The van der Waals surface area contributed by atoms with Gasteiger partial charge in [0, 0.05) is 0 Å². The topological polar surface area (TPSA) is 51.1 Å². The summed E-state index contributed by atoms with van der Waals surface area (Å²) in [5.41, 5.74) is 2.47. The van der Waals surface area contributed by atoms with Crippen molar-refractivity contribution < 1.29 is 14.3 Å². The molecule has 5 rings (SSSR count). The van der Waals surface area contributed by atoms with E-state index in [0.717, 1.165) is 22.7 Å². The second-order valence-electron chi connectivity index (χ2n) is 6.72. The minimum atomic E-state index is -0.101. The van der Waals surface area contributed by atoms with Gasteiger partial charge < -0.3 is 9.47 Å². The highest BCUT2D eigenvalue weighted by Gasteiger charge is 2.34. The minimum Gasteiger partial charge on any atom is -0.486 e. The van der Waals surface area contributed by atoms with E-state index < -0.39 is 0 Å². The van der Waals surface area contributed by atoms with Crippen molar-refractivity contribution >= 4 is 40.3 Å². The number of hydrogen-bond donors (Lipinski definition) is 0. The van der Waals surface area contributed by atoms with Gasteiger partial charge in [0.1, 0.15) is 13.2 Å². The molecule has 0 aliphatic carbocycles. The molecule has 2 heterocycles. The number of carbonyl (C=O) groups is 1. The number of carbonyl (C=O) groups excluding carboxylic acids is 1. The summed E-state index contributed by atoms with van der Waals surface area (Å²) in [6, 6.07) is 24.9. The zero-order valence-corrected chi connectivity index (χ0v) is 16.8. The molecule has 30 heavy (non-hydrogen) atoms. The Morgan fingerprint density at radius 1 is 0.867 bits per heavy atom. The average molecular weight is 414 g/mol. The van der Waals surface area contributed by atoms with Gasteiger partial charge in [-0.05, 0) is 59.8 Å². The third-order valence-electron chi connectivity index (χ3n) is 4.67. The second-order valence-corrected chi connectivity index (χ2v) is 7.73. The number of amides is 1. The summed E-state index contributed by atoms with van der Waals surface area (Å²) in [5, 5.41) is 0.626. The van der Waals surface area contributed by atoms with Gasteiger partial charge in [-0.1, -0.05) is 42.5 Å². The first-order valence-corrected chi connectivity index (χ1v) is 10.4.